The molecule has 0 fully saturated rings. The number of nitrogen functional groups attached to an aromatic ring is 1. The third-order valence-electron chi connectivity index (χ3n) is 1.82. The summed E-state index contributed by atoms with van der Waals surface area (Å²) in [6, 6.07) is 3.31. The molecule has 0 heterocycles. The van der Waals surface area contributed by atoms with Crippen molar-refractivity contribution in [1.29, 1.82) is 0 Å². The quantitative estimate of drug-likeness (QED) is 0.670. The standard InChI is InChI=1S/C9H11FN2O/c1-5(13)9(12)6-2-3-7(10)8(11)4-6/h2-4,9H,11-12H2,1H3. The number of hydrogen-bond donors (Lipinski definition) is 2. The van der Waals surface area contributed by atoms with Crippen molar-refractivity contribution in [2.24, 2.45) is 5.73 Å². The minimum atomic E-state index is -0.720. The first kappa shape index (κ1) is 9.67. The van der Waals surface area contributed by atoms with Gasteiger partial charge in [-0.2, -0.15) is 0 Å². The van der Waals surface area contributed by atoms with Crippen molar-refractivity contribution in [2.75, 3.05) is 5.73 Å². The molecule has 0 aromatic heterocycles. The Morgan fingerprint density at radius 2 is 2.15 bits per heavy atom. The Hall–Kier alpha value is -1.42. The molecule has 0 saturated carbocycles. The normalized spacial score (nSPS) is 12.5. The summed E-state index contributed by atoms with van der Waals surface area (Å²) in [4.78, 5) is 10.9. The van der Waals surface area contributed by atoms with Crippen LogP contribution in [0.4, 0.5) is 10.1 Å². The average molecular weight is 182 g/mol. The maximum Gasteiger partial charge on any atom is 0.150 e. The van der Waals surface area contributed by atoms with Crippen molar-refractivity contribution in [3.8, 4) is 0 Å². The molecular weight excluding hydrogens is 171 g/mol. The van der Waals surface area contributed by atoms with Crippen LogP contribution in [-0.2, 0) is 4.79 Å². The van der Waals surface area contributed by atoms with Crippen LogP contribution in [0.3, 0.4) is 0 Å². The Kier molecular flexibility index (Phi) is 2.63. The van der Waals surface area contributed by atoms with Crippen molar-refractivity contribution in [2.45, 2.75) is 13.0 Å². The number of carbonyl (C=O) groups is 1. The van der Waals surface area contributed by atoms with Crippen LogP contribution in [0.1, 0.15) is 18.5 Å². The summed E-state index contributed by atoms with van der Waals surface area (Å²) in [7, 11) is 0. The Morgan fingerprint density at radius 3 is 2.62 bits per heavy atom. The molecule has 1 unspecified atom stereocenters. The third-order valence-corrected chi connectivity index (χ3v) is 1.82. The number of carbonyl (C=O) groups excluding carboxylic acids is 1. The van der Waals surface area contributed by atoms with Gasteiger partial charge in [0.25, 0.3) is 0 Å². The molecule has 0 saturated heterocycles. The number of rotatable bonds is 2. The Balaban J connectivity index is 3.03. The highest BCUT2D eigenvalue weighted by Crippen LogP contribution is 2.17. The number of hydrogen-bond acceptors (Lipinski definition) is 3. The van der Waals surface area contributed by atoms with E-state index in [0.717, 1.165) is 0 Å². The van der Waals surface area contributed by atoms with E-state index < -0.39 is 11.9 Å². The SMILES string of the molecule is CC(=O)C(N)c1ccc(F)c(N)c1. The molecule has 0 aliphatic heterocycles. The van der Waals surface area contributed by atoms with Gasteiger partial charge in [0.2, 0.25) is 0 Å². The Bertz CT molecular complexity index is 338. The highest BCUT2D eigenvalue weighted by molar-refractivity contribution is 5.82. The van der Waals surface area contributed by atoms with Crippen molar-refractivity contribution >= 4 is 11.5 Å². The van der Waals surface area contributed by atoms with Gasteiger partial charge in [-0.25, -0.2) is 4.39 Å². The van der Waals surface area contributed by atoms with E-state index >= 15 is 0 Å². The minimum absolute atomic E-state index is 0.00852. The van der Waals surface area contributed by atoms with Gasteiger partial charge in [-0.3, -0.25) is 4.79 Å². The topological polar surface area (TPSA) is 69.1 Å². The van der Waals surface area contributed by atoms with Gasteiger partial charge in [-0.05, 0) is 24.6 Å². The molecule has 0 radical (unpaired) electrons. The third kappa shape index (κ3) is 2.03. The summed E-state index contributed by atoms with van der Waals surface area (Å²) in [5.41, 5.74) is 11.4. The molecule has 0 amide bonds. The second kappa shape index (κ2) is 3.53. The minimum Gasteiger partial charge on any atom is -0.396 e. The maximum atomic E-state index is 12.7. The molecule has 0 spiro atoms. The van der Waals surface area contributed by atoms with Gasteiger partial charge in [0.05, 0.1) is 11.7 Å². The van der Waals surface area contributed by atoms with Gasteiger partial charge < -0.3 is 11.5 Å². The van der Waals surface area contributed by atoms with E-state index in [2.05, 4.69) is 0 Å². The average Bonchev–Trinajstić information content (AvgIpc) is 2.08. The Morgan fingerprint density at radius 1 is 1.54 bits per heavy atom. The number of anilines is 1. The van der Waals surface area contributed by atoms with E-state index in [1.807, 2.05) is 0 Å². The van der Waals surface area contributed by atoms with Crippen LogP contribution < -0.4 is 11.5 Å². The second-order valence-electron chi connectivity index (χ2n) is 2.87. The van der Waals surface area contributed by atoms with Crippen LogP contribution in [0.15, 0.2) is 18.2 Å². The second-order valence-corrected chi connectivity index (χ2v) is 2.87. The van der Waals surface area contributed by atoms with E-state index in [0.29, 0.717) is 5.56 Å². The summed E-state index contributed by atoms with van der Waals surface area (Å²) in [5, 5.41) is 0. The fourth-order valence-electron chi connectivity index (χ4n) is 0.990. The van der Waals surface area contributed by atoms with E-state index in [1.54, 1.807) is 0 Å². The molecule has 1 rings (SSSR count). The van der Waals surface area contributed by atoms with E-state index in [9.17, 15) is 9.18 Å². The van der Waals surface area contributed by atoms with Crippen LogP contribution >= 0.6 is 0 Å². The molecule has 4 heteroatoms. The molecule has 4 N–H and O–H groups in total. The lowest BCUT2D eigenvalue weighted by Crippen LogP contribution is -2.18. The van der Waals surface area contributed by atoms with Crippen LogP contribution in [0.2, 0.25) is 0 Å². The van der Waals surface area contributed by atoms with Gasteiger partial charge in [0.15, 0.2) is 5.78 Å². The number of halogens is 1. The predicted octanol–water partition coefficient (Wildman–Crippen LogP) is 0.997. The van der Waals surface area contributed by atoms with E-state index in [4.69, 9.17) is 11.5 Å². The van der Waals surface area contributed by atoms with Gasteiger partial charge in [0.1, 0.15) is 5.82 Å². The number of Topliss-reactive ketones (excluding diaryl/α,β-unsaturated/α-hetero) is 1. The summed E-state index contributed by atoms with van der Waals surface area (Å²) < 4.78 is 12.7. The van der Waals surface area contributed by atoms with Crippen molar-refractivity contribution < 1.29 is 9.18 Å². The number of benzene rings is 1. The van der Waals surface area contributed by atoms with Crippen molar-refractivity contribution in [1.82, 2.24) is 0 Å². The van der Waals surface area contributed by atoms with Crippen molar-refractivity contribution in [3.05, 3.63) is 29.6 Å². The predicted molar refractivity (Wildman–Crippen MR) is 48.4 cm³/mol. The number of ketones is 1. The van der Waals surface area contributed by atoms with Crippen molar-refractivity contribution in [3.63, 3.8) is 0 Å². The van der Waals surface area contributed by atoms with Crippen LogP contribution in [0.25, 0.3) is 0 Å². The van der Waals surface area contributed by atoms with Crippen LogP contribution in [-0.4, -0.2) is 5.78 Å². The fraction of sp³-hybridized carbons (Fsp3) is 0.222. The first-order valence-corrected chi connectivity index (χ1v) is 3.83. The zero-order valence-corrected chi connectivity index (χ0v) is 7.25. The summed E-state index contributed by atoms with van der Waals surface area (Å²) in [6.45, 7) is 1.38. The molecule has 70 valence electrons. The molecule has 13 heavy (non-hydrogen) atoms. The van der Waals surface area contributed by atoms with Gasteiger partial charge in [0, 0.05) is 0 Å². The first-order valence-electron chi connectivity index (χ1n) is 3.83. The lowest BCUT2D eigenvalue weighted by atomic mass is 10.0. The smallest absolute Gasteiger partial charge is 0.150 e. The monoisotopic (exact) mass is 182 g/mol. The summed E-state index contributed by atoms with van der Waals surface area (Å²) >= 11 is 0. The van der Waals surface area contributed by atoms with Gasteiger partial charge in [-0.15, -0.1) is 0 Å². The number of nitrogens with two attached hydrogens (primary N) is 2. The van der Waals surface area contributed by atoms with E-state index in [-0.39, 0.29) is 11.5 Å². The Labute approximate surface area is 75.5 Å². The molecule has 1 aromatic carbocycles. The van der Waals surface area contributed by atoms with Crippen LogP contribution in [0.5, 0.6) is 0 Å². The molecule has 1 atom stereocenters. The lowest BCUT2D eigenvalue weighted by molar-refractivity contribution is -0.118. The largest absolute Gasteiger partial charge is 0.396 e. The van der Waals surface area contributed by atoms with Gasteiger partial charge in [-0.1, -0.05) is 6.07 Å². The fourth-order valence-corrected chi connectivity index (χ4v) is 0.990. The summed E-state index contributed by atoms with van der Waals surface area (Å²) in [6.07, 6.45) is 0. The molecule has 3 nitrogen and oxygen atoms in total. The molecule has 0 aliphatic carbocycles. The molecule has 0 aliphatic rings. The maximum absolute atomic E-state index is 12.7. The zero-order valence-electron chi connectivity index (χ0n) is 7.25. The molecule has 0 bridgehead atoms. The molecule has 1 aromatic rings. The zero-order chi connectivity index (χ0) is 10.0. The highest BCUT2D eigenvalue weighted by Gasteiger charge is 2.11. The van der Waals surface area contributed by atoms with E-state index in [1.165, 1.54) is 25.1 Å². The van der Waals surface area contributed by atoms with Crippen LogP contribution in [0, 0.1) is 5.82 Å². The first-order chi connectivity index (χ1) is 6.02. The van der Waals surface area contributed by atoms with Gasteiger partial charge >= 0.3 is 0 Å². The lowest BCUT2D eigenvalue weighted by Gasteiger charge is -2.08. The molecular formula is C9H11FN2O. The summed E-state index contributed by atoms with van der Waals surface area (Å²) in [5.74, 6) is -0.675. The highest BCUT2D eigenvalue weighted by atomic mass is 19.1.